The van der Waals surface area contributed by atoms with Crippen LogP contribution in [0.4, 0.5) is 0 Å². The molecule has 3 heteroatoms. The van der Waals surface area contributed by atoms with Crippen LogP contribution >= 0.6 is 0 Å². The summed E-state index contributed by atoms with van der Waals surface area (Å²) < 4.78 is 0. The number of ketones is 1. The van der Waals surface area contributed by atoms with E-state index >= 15 is 0 Å². The van der Waals surface area contributed by atoms with Crippen molar-refractivity contribution in [3.8, 4) is 0 Å². The van der Waals surface area contributed by atoms with Crippen molar-refractivity contribution >= 4 is 5.78 Å². The molecule has 0 spiro atoms. The number of carbonyl (C=O) groups excluding carboxylic acids is 1. The molecule has 0 atom stereocenters. The zero-order valence-electron chi connectivity index (χ0n) is 7.44. The van der Waals surface area contributed by atoms with Crippen LogP contribution in [0.15, 0.2) is 18.6 Å². The maximum atomic E-state index is 11.5. The number of carbonyl (C=O) groups is 1. The first-order valence-corrected chi connectivity index (χ1v) is 4.65. The van der Waals surface area contributed by atoms with Gasteiger partial charge in [-0.1, -0.05) is 19.3 Å². The molecule has 3 nitrogen and oxygen atoms in total. The average Bonchev–Trinajstić information content (AvgIpc) is 2.12. The standard InChI is InChI=1S/C10H12N2O/c13-10(6-8-2-1-3-8)9-7-11-4-5-12-9/h4-5,7-8H,1-3,6H2. The molecule has 0 aliphatic heterocycles. The number of hydrogen-bond acceptors (Lipinski definition) is 3. The maximum Gasteiger partial charge on any atom is 0.183 e. The SMILES string of the molecule is O=C(CC1CCC1)c1cnccn1. The molecule has 1 aliphatic carbocycles. The van der Waals surface area contributed by atoms with Gasteiger partial charge in [-0.15, -0.1) is 0 Å². The van der Waals surface area contributed by atoms with Gasteiger partial charge in [0.15, 0.2) is 5.78 Å². The summed E-state index contributed by atoms with van der Waals surface area (Å²) in [6, 6.07) is 0. The van der Waals surface area contributed by atoms with Crippen molar-refractivity contribution in [1.29, 1.82) is 0 Å². The first-order chi connectivity index (χ1) is 6.36. The number of Topliss-reactive ketones (excluding diaryl/α,β-unsaturated/α-hetero) is 1. The fourth-order valence-electron chi connectivity index (χ4n) is 1.51. The third kappa shape index (κ3) is 1.91. The maximum absolute atomic E-state index is 11.5. The summed E-state index contributed by atoms with van der Waals surface area (Å²) in [6.07, 6.45) is 9.02. The lowest BCUT2D eigenvalue weighted by Crippen LogP contribution is -2.16. The van der Waals surface area contributed by atoms with E-state index in [-0.39, 0.29) is 5.78 Å². The summed E-state index contributed by atoms with van der Waals surface area (Å²) >= 11 is 0. The van der Waals surface area contributed by atoms with Crippen LogP contribution in [0, 0.1) is 5.92 Å². The minimum atomic E-state index is 0.137. The Bertz CT molecular complexity index is 293. The van der Waals surface area contributed by atoms with Crippen LogP contribution in [0.3, 0.4) is 0 Å². The number of aromatic nitrogens is 2. The Morgan fingerprint density at radius 1 is 1.46 bits per heavy atom. The average molecular weight is 176 g/mol. The first-order valence-electron chi connectivity index (χ1n) is 4.65. The molecule has 2 rings (SSSR count). The van der Waals surface area contributed by atoms with E-state index in [1.165, 1.54) is 19.3 Å². The van der Waals surface area contributed by atoms with Gasteiger partial charge in [0.2, 0.25) is 0 Å². The Hall–Kier alpha value is -1.25. The molecule has 0 radical (unpaired) electrons. The van der Waals surface area contributed by atoms with Gasteiger partial charge in [-0.05, 0) is 5.92 Å². The minimum Gasteiger partial charge on any atom is -0.292 e. The molecule has 68 valence electrons. The minimum absolute atomic E-state index is 0.137. The molecule has 1 aromatic rings. The predicted molar refractivity (Wildman–Crippen MR) is 48.3 cm³/mol. The van der Waals surface area contributed by atoms with Gasteiger partial charge in [-0.2, -0.15) is 0 Å². The zero-order valence-corrected chi connectivity index (χ0v) is 7.44. The van der Waals surface area contributed by atoms with E-state index in [1.54, 1.807) is 18.6 Å². The van der Waals surface area contributed by atoms with Crippen molar-refractivity contribution in [2.75, 3.05) is 0 Å². The van der Waals surface area contributed by atoms with E-state index in [9.17, 15) is 4.79 Å². The van der Waals surface area contributed by atoms with E-state index in [0.717, 1.165) is 0 Å². The smallest absolute Gasteiger partial charge is 0.183 e. The second kappa shape index (κ2) is 3.64. The van der Waals surface area contributed by atoms with Crippen LogP contribution < -0.4 is 0 Å². The van der Waals surface area contributed by atoms with Crippen molar-refractivity contribution in [3.63, 3.8) is 0 Å². The quantitative estimate of drug-likeness (QED) is 0.660. The summed E-state index contributed by atoms with van der Waals surface area (Å²) in [4.78, 5) is 19.4. The molecule has 0 aromatic carbocycles. The fraction of sp³-hybridized carbons (Fsp3) is 0.500. The van der Waals surface area contributed by atoms with Crippen LogP contribution in [-0.2, 0) is 0 Å². The Labute approximate surface area is 77.2 Å². The van der Waals surface area contributed by atoms with Crippen LogP contribution in [0.2, 0.25) is 0 Å². The predicted octanol–water partition coefficient (Wildman–Crippen LogP) is 1.85. The molecule has 1 aromatic heterocycles. The molecule has 13 heavy (non-hydrogen) atoms. The van der Waals surface area contributed by atoms with Gasteiger partial charge < -0.3 is 0 Å². The van der Waals surface area contributed by atoms with Crippen molar-refractivity contribution < 1.29 is 4.79 Å². The van der Waals surface area contributed by atoms with Gasteiger partial charge in [-0.25, -0.2) is 4.98 Å². The third-order valence-electron chi connectivity index (χ3n) is 2.55. The lowest BCUT2D eigenvalue weighted by molar-refractivity contribution is 0.0931. The normalized spacial score (nSPS) is 16.6. The molecule has 1 heterocycles. The van der Waals surface area contributed by atoms with Crippen LogP contribution in [0.5, 0.6) is 0 Å². The van der Waals surface area contributed by atoms with Gasteiger partial charge in [-0.3, -0.25) is 9.78 Å². The van der Waals surface area contributed by atoms with Gasteiger partial charge in [0.25, 0.3) is 0 Å². The molecule has 0 unspecified atom stereocenters. The van der Waals surface area contributed by atoms with E-state index in [1.807, 2.05) is 0 Å². The Kier molecular flexibility index (Phi) is 2.34. The van der Waals surface area contributed by atoms with E-state index < -0.39 is 0 Å². The highest BCUT2D eigenvalue weighted by Crippen LogP contribution is 2.30. The Morgan fingerprint density at radius 2 is 2.31 bits per heavy atom. The van der Waals surface area contributed by atoms with Gasteiger partial charge in [0.05, 0.1) is 6.20 Å². The number of rotatable bonds is 3. The number of nitrogens with zero attached hydrogens (tertiary/aromatic N) is 2. The molecule has 0 bridgehead atoms. The lowest BCUT2D eigenvalue weighted by atomic mass is 9.81. The Morgan fingerprint density at radius 3 is 2.85 bits per heavy atom. The van der Waals surface area contributed by atoms with Crippen LogP contribution in [-0.4, -0.2) is 15.8 Å². The van der Waals surface area contributed by atoms with E-state index in [0.29, 0.717) is 18.0 Å². The molecule has 1 fully saturated rings. The van der Waals surface area contributed by atoms with Crippen molar-refractivity contribution in [3.05, 3.63) is 24.3 Å². The zero-order chi connectivity index (χ0) is 9.10. The van der Waals surface area contributed by atoms with Crippen LogP contribution in [0.25, 0.3) is 0 Å². The van der Waals surface area contributed by atoms with Gasteiger partial charge in [0.1, 0.15) is 5.69 Å². The molecule has 1 saturated carbocycles. The van der Waals surface area contributed by atoms with Gasteiger partial charge >= 0.3 is 0 Å². The van der Waals surface area contributed by atoms with Crippen molar-refractivity contribution in [2.45, 2.75) is 25.7 Å². The molecule has 0 N–H and O–H groups in total. The van der Waals surface area contributed by atoms with E-state index in [2.05, 4.69) is 9.97 Å². The highest BCUT2D eigenvalue weighted by Gasteiger charge is 2.21. The molecule has 1 aliphatic rings. The highest BCUT2D eigenvalue weighted by atomic mass is 16.1. The number of hydrogen-bond donors (Lipinski definition) is 0. The summed E-state index contributed by atoms with van der Waals surface area (Å²) in [6.45, 7) is 0. The summed E-state index contributed by atoms with van der Waals surface area (Å²) in [5, 5.41) is 0. The van der Waals surface area contributed by atoms with Crippen LogP contribution in [0.1, 0.15) is 36.2 Å². The first kappa shape index (κ1) is 8.35. The summed E-state index contributed by atoms with van der Waals surface area (Å²) in [5.74, 6) is 0.743. The van der Waals surface area contributed by atoms with Crippen molar-refractivity contribution in [1.82, 2.24) is 9.97 Å². The molecule has 0 amide bonds. The topological polar surface area (TPSA) is 42.9 Å². The largest absolute Gasteiger partial charge is 0.292 e. The lowest BCUT2D eigenvalue weighted by Gasteiger charge is -2.23. The summed E-state index contributed by atoms with van der Waals surface area (Å²) in [7, 11) is 0. The third-order valence-corrected chi connectivity index (χ3v) is 2.55. The fourth-order valence-corrected chi connectivity index (χ4v) is 1.51. The monoisotopic (exact) mass is 176 g/mol. The van der Waals surface area contributed by atoms with E-state index in [4.69, 9.17) is 0 Å². The molecular weight excluding hydrogens is 164 g/mol. The molecule has 0 saturated heterocycles. The highest BCUT2D eigenvalue weighted by molar-refractivity contribution is 5.94. The Balaban J connectivity index is 1.97. The molecular formula is C10H12N2O. The van der Waals surface area contributed by atoms with Gasteiger partial charge in [0, 0.05) is 18.8 Å². The summed E-state index contributed by atoms with van der Waals surface area (Å²) in [5.41, 5.74) is 0.509. The second-order valence-corrected chi connectivity index (χ2v) is 3.51. The van der Waals surface area contributed by atoms with Crippen molar-refractivity contribution in [2.24, 2.45) is 5.92 Å². The second-order valence-electron chi connectivity index (χ2n) is 3.51.